The van der Waals surface area contributed by atoms with Crippen molar-refractivity contribution < 1.29 is 19.1 Å². The number of fused-ring (bicyclic) bond motifs is 1. The van der Waals surface area contributed by atoms with Crippen LogP contribution in [0.1, 0.15) is 45.7 Å². The van der Waals surface area contributed by atoms with E-state index >= 15 is 0 Å². The average molecular weight is 306 g/mol. The first-order valence-corrected chi connectivity index (χ1v) is 7.12. The van der Waals surface area contributed by atoms with E-state index in [2.05, 4.69) is 11.8 Å². The van der Waals surface area contributed by atoms with Gasteiger partial charge in [-0.25, -0.2) is 0 Å². The summed E-state index contributed by atoms with van der Waals surface area (Å²) in [5.74, 6) is 7.08. The Morgan fingerprint density at radius 1 is 0.913 bits per heavy atom. The van der Waals surface area contributed by atoms with Crippen LogP contribution in [0.5, 0.6) is 11.5 Å². The Hall–Kier alpha value is -3.06. The van der Waals surface area contributed by atoms with Crippen LogP contribution in [-0.4, -0.2) is 18.4 Å². The van der Waals surface area contributed by atoms with Gasteiger partial charge in [-0.3, -0.25) is 9.59 Å². The zero-order valence-corrected chi connectivity index (χ0v) is 12.8. The quantitative estimate of drug-likeness (QED) is 0.631. The van der Waals surface area contributed by atoms with Crippen LogP contribution in [0.4, 0.5) is 0 Å². The SMILES string of the molecule is CC(=O)c1ccc(C#Cc2cc3c(cc2C(C)=O)OCO3)cc1. The summed E-state index contributed by atoms with van der Waals surface area (Å²) in [4.78, 5) is 23.1. The predicted octanol–water partition coefficient (Wildman–Crippen LogP) is 3.22. The largest absolute Gasteiger partial charge is 0.454 e. The number of carbonyl (C=O) groups excluding carboxylic acids is 2. The number of hydrogen-bond acceptors (Lipinski definition) is 4. The monoisotopic (exact) mass is 306 g/mol. The topological polar surface area (TPSA) is 52.6 Å². The third kappa shape index (κ3) is 3.09. The number of rotatable bonds is 2. The standard InChI is InChI=1S/C19H14O4/c1-12(20)15-6-3-14(4-7-15)5-8-16-9-18-19(23-11-22-18)10-17(16)13(2)21/h3-4,6-7,9-10H,11H2,1-2H3. The fourth-order valence-electron chi connectivity index (χ4n) is 2.26. The van der Waals surface area contributed by atoms with Crippen molar-refractivity contribution in [3.8, 4) is 23.3 Å². The molecule has 0 unspecified atom stereocenters. The Kier molecular flexibility index (Phi) is 3.86. The first kappa shape index (κ1) is 14.9. The highest BCUT2D eigenvalue weighted by Gasteiger charge is 2.18. The lowest BCUT2D eigenvalue weighted by Gasteiger charge is -2.03. The molecule has 1 aliphatic heterocycles. The minimum Gasteiger partial charge on any atom is -0.454 e. The number of ketones is 2. The number of Topliss-reactive ketones (excluding diaryl/α,β-unsaturated/α-hetero) is 2. The van der Waals surface area contributed by atoms with E-state index in [4.69, 9.17) is 9.47 Å². The third-order valence-corrected chi connectivity index (χ3v) is 3.52. The molecule has 0 radical (unpaired) electrons. The van der Waals surface area contributed by atoms with Crippen molar-refractivity contribution in [3.63, 3.8) is 0 Å². The Morgan fingerprint density at radius 2 is 1.57 bits per heavy atom. The third-order valence-electron chi connectivity index (χ3n) is 3.52. The number of hydrogen-bond donors (Lipinski definition) is 0. The molecular formula is C19H14O4. The zero-order valence-electron chi connectivity index (χ0n) is 12.8. The molecule has 0 saturated heterocycles. The van der Waals surface area contributed by atoms with E-state index < -0.39 is 0 Å². The molecule has 114 valence electrons. The molecule has 0 saturated carbocycles. The van der Waals surface area contributed by atoms with Crippen LogP contribution in [0.25, 0.3) is 0 Å². The molecule has 0 fully saturated rings. The van der Waals surface area contributed by atoms with Crippen molar-refractivity contribution in [1.82, 2.24) is 0 Å². The van der Waals surface area contributed by atoms with Crippen LogP contribution < -0.4 is 9.47 Å². The molecule has 3 rings (SSSR count). The molecule has 4 nitrogen and oxygen atoms in total. The van der Waals surface area contributed by atoms with Gasteiger partial charge < -0.3 is 9.47 Å². The fourth-order valence-corrected chi connectivity index (χ4v) is 2.26. The molecule has 23 heavy (non-hydrogen) atoms. The first-order chi connectivity index (χ1) is 11.0. The van der Waals surface area contributed by atoms with Crippen LogP contribution in [0.2, 0.25) is 0 Å². The summed E-state index contributed by atoms with van der Waals surface area (Å²) < 4.78 is 10.6. The molecule has 0 amide bonds. The molecule has 0 atom stereocenters. The van der Waals surface area contributed by atoms with Crippen LogP contribution in [0, 0.1) is 11.8 Å². The maximum absolute atomic E-state index is 11.8. The predicted molar refractivity (Wildman–Crippen MR) is 85.0 cm³/mol. The molecule has 1 heterocycles. The van der Waals surface area contributed by atoms with Crippen LogP contribution >= 0.6 is 0 Å². The van der Waals surface area contributed by atoms with Gasteiger partial charge in [-0.2, -0.15) is 0 Å². The zero-order chi connectivity index (χ0) is 16.4. The Morgan fingerprint density at radius 3 is 2.17 bits per heavy atom. The highest BCUT2D eigenvalue weighted by molar-refractivity contribution is 5.97. The minimum atomic E-state index is -0.0838. The van der Waals surface area contributed by atoms with Gasteiger partial charge in [0.15, 0.2) is 23.1 Å². The molecule has 1 aliphatic rings. The molecule has 2 aromatic carbocycles. The van der Waals surface area contributed by atoms with Gasteiger partial charge >= 0.3 is 0 Å². The summed E-state index contributed by atoms with van der Waals surface area (Å²) in [6.07, 6.45) is 0. The van der Waals surface area contributed by atoms with E-state index in [1.165, 1.54) is 13.8 Å². The van der Waals surface area contributed by atoms with Gasteiger partial charge in [0, 0.05) is 28.3 Å². The molecule has 4 heteroatoms. The summed E-state index contributed by atoms with van der Waals surface area (Å²) in [5, 5.41) is 0. The van der Waals surface area contributed by atoms with Crippen molar-refractivity contribution in [2.75, 3.05) is 6.79 Å². The van der Waals surface area contributed by atoms with Gasteiger partial charge in [0.05, 0.1) is 0 Å². The molecule has 0 aromatic heterocycles. The van der Waals surface area contributed by atoms with Crippen LogP contribution in [0.15, 0.2) is 36.4 Å². The maximum Gasteiger partial charge on any atom is 0.231 e. The smallest absolute Gasteiger partial charge is 0.231 e. The minimum absolute atomic E-state index is 0.0131. The molecule has 0 spiro atoms. The average Bonchev–Trinajstić information content (AvgIpc) is 2.99. The van der Waals surface area contributed by atoms with E-state index in [1.807, 2.05) is 0 Å². The van der Waals surface area contributed by atoms with E-state index in [0.717, 1.165) is 5.56 Å². The highest BCUT2D eigenvalue weighted by atomic mass is 16.7. The second-order valence-electron chi connectivity index (χ2n) is 5.19. The number of carbonyl (C=O) groups is 2. The van der Waals surface area contributed by atoms with E-state index in [1.54, 1.807) is 36.4 Å². The lowest BCUT2D eigenvalue weighted by molar-refractivity contribution is 0.100. The number of benzene rings is 2. The second kappa shape index (κ2) is 5.98. The van der Waals surface area contributed by atoms with Crippen molar-refractivity contribution in [2.24, 2.45) is 0 Å². The van der Waals surface area contributed by atoms with E-state index in [9.17, 15) is 9.59 Å². The highest BCUT2D eigenvalue weighted by Crippen LogP contribution is 2.34. The van der Waals surface area contributed by atoms with Crippen LogP contribution in [0.3, 0.4) is 0 Å². The lowest BCUT2D eigenvalue weighted by atomic mass is 10.0. The summed E-state index contributed by atoms with van der Waals surface area (Å²) in [6, 6.07) is 10.4. The van der Waals surface area contributed by atoms with Crippen molar-refractivity contribution in [3.05, 3.63) is 58.7 Å². The summed E-state index contributed by atoms with van der Waals surface area (Å²) in [5.41, 5.74) is 2.50. The fraction of sp³-hybridized carbons (Fsp3) is 0.158. The van der Waals surface area contributed by atoms with Gasteiger partial charge in [-0.05, 0) is 32.0 Å². The summed E-state index contributed by atoms with van der Waals surface area (Å²) in [7, 11) is 0. The van der Waals surface area contributed by atoms with Gasteiger partial charge in [0.2, 0.25) is 6.79 Å². The Balaban J connectivity index is 1.97. The maximum atomic E-state index is 11.8. The molecular weight excluding hydrogens is 292 g/mol. The van der Waals surface area contributed by atoms with Gasteiger partial charge in [-0.1, -0.05) is 24.0 Å². The molecule has 2 aromatic rings. The lowest BCUT2D eigenvalue weighted by Crippen LogP contribution is -1.97. The van der Waals surface area contributed by atoms with Crippen LogP contribution in [-0.2, 0) is 0 Å². The van der Waals surface area contributed by atoms with Crippen molar-refractivity contribution in [2.45, 2.75) is 13.8 Å². The Bertz CT molecular complexity index is 851. The molecule has 0 N–H and O–H groups in total. The summed E-state index contributed by atoms with van der Waals surface area (Å²) in [6.45, 7) is 3.16. The van der Waals surface area contributed by atoms with Crippen molar-refractivity contribution in [1.29, 1.82) is 0 Å². The summed E-state index contributed by atoms with van der Waals surface area (Å²) >= 11 is 0. The first-order valence-electron chi connectivity index (χ1n) is 7.12. The van der Waals surface area contributed by atoms with E-state index in [-0.39, 0.29) is 18.4 Å². The molecule has 0 bridgehead atoms. The van der Waals surface area contributed by atoms with Gasteiger partial charge in [0.25, 0.3) is 0 Å². The van der Waals surface area contributed by atoms with Gasteiger partial charge in [0.1, 0.15) is 0 Å². The second-order valence-corrected chi connectivity index (χ2v) is 5.19. The van der Waals surface area contributed by atoms with E-state index in [0.29, 0.717) is 28.2 Å². The van der Waals surface area contributed by atoms with Crippen molar-refractivity contribution >= 4 is 11.6 Å². The Labute approximate surface area is 134 Å². The molecule has 0 aliphatic carbocycles. The normalized spacial score (nSPS) is 11.6. The number of ether oxygens (including phenoxy) is 2. The van der Waals surface area contributed by atoms with Gasteiger partial charge in [-0.15, -0.1) is 0 Å².